The first kappa shape index (κ1) is 73.5. The molecule has 1 aliphatic carbocycles. The number of fused-ring (bicyclic) bond motifs is 19. The highest BCUT2D eigenvalue weighted by atomic mass is 32.1. The van der Waals surface area contributed by atoms with E-state index in [0.717, 1.165) is 34.1 Å². The minimum absolute atomic E-state index is 0.125. The van der Waals surface area contributed by atoms with Gasteiger partial charge >= 0.3 is 0 Å². The number of anilines is 6. The fraction of sp³-hybridized carbons (Fsp3) is 0.0252. The molecule has 1 aliphatic rings. The summed E-state index contributed by atoms with van der Waals surface area (Å²) in [4.78, 5) is 4.84. The maximum Gasteiger partial charge on any atom is 0.0634 e. The van der Waals surface area contributed by atoms with Crippen molar-refractivity contribution >= 4 is 162 Å². The third-order valence-corrected chi connectivity index (χ3v) is 28.3. The standard InChI is InChI=1S/C61H42N2S.C58H38N2S/c1-61(2)53-26-11-8-23-47(53)48-35-34-45(37-54(48)61)62(43-32-30-40(31-33-43)39-16-4-3-5-17-39)44-21-14-20-42(36-44)51-38-52-49-24-9-12-27-56(49)63(55-28-15-19-41-18-6-7-22-46(41)55)59(52)58-50-25-10-13-29-57(50)64-60(51)58;1-3-15-39(16-4-1)41-29-33-45(34-30-41)59(46-35-31-42(32-36-46)40-17-5-2-6-18-40)47-22-13-21-44(37-47)51-38-52-49-24-9-11-26-54(49)60(53-27-14-20-43-19-7-8-23-48(43)53)57(52)56-50-25-10-12-28-55(50)61-58(51)56/h3-38H,1-2H3;1-38H. The zero-order valence-corrected chi connectivity index (χ0v) is 70.5. The molecule has 20 aromatic carbocycles. The molecule has 0 saturated carbocycles. The Bertz CT molecular complexity index is 8270. The number of hydrogen-bond donors (Lipinski definition) is 0. The van der Waals surface area contributed by atoms with Crippen LogP contribution in [0, 0.1) is 0 Å². The summed E-state index contributed by atoms with van der Waals surface area (Å²) in [6.07, 6.45) is 0. The largest absolute Gasteiger partial charge is 0.310 e. The second kappa shape index (κ2) is 30.0. The van der Waals surface area contributed by atoms with Crippen molar-refractivity contribution in [3.63, 3.8) is 0 Å². The normalized spacial score (nSPS) is 12.3. The van der Waals surface area contributed by atoms with Gasteiger partial charge in [0.25, 0.3) is 0 Å². The number of para-hydroxylation sites is 2. The smallest absolute Gasteiger partial charge is 0.0634 e. The molecule has 0 radical (unpaired) electrons. The van der Waals surface area contributed by atoms with Crippen molar-refractivity contribution in [2.45, 2.75) is 19.3 Å². The molecule has 4 heterocycles. The summed E-state index contributed by atoms with van der Waals surface area (Å²) in [5, 5.41) is 15.1. The van der Waals surface area contributed by atoms with Crippen LogP contribution in [0.25, 0.3) is 184 Å². The number of hydrogen-bond acceptors (Lipinski definition) is 4. The fourth-order valence-electron chi connectivity index (χ4n) is 20.1. The molecule has 4 nitrogen and oxygen atoms in total. The molecule has 25 rings (SSSR count). The monoisotopic (exact) mass is 1630 g/mol. The van der Waals surface area contributed by atoms with Gasteiger partial charge in [0.2, 0.25) is 0 Å². The molecular formula is C119H80N4S2. The quantitative estimate of drug-likeness (QED) is 0.114. The van der Waals surface area contributed by atoms with Crippen molar-refractivity contribution in [3.05, 3.63) is 460 Å². The first-order valence-corrected chi connectivity index (χ1v) is 44.6. The number of aromatic nitrogens is 2. The van der Waals surface area contributed by atoms with Gasteiger partial charge in [-0.2, -0.15) is 0 Å². The summed E-state index contributed by atoms with van der Waals surface area (Å²) in [6, 6.07) is 165. The van der Waals surface area contributed by atoms with Crippen molar-refractivity contribution in [2.75, 3.05) is 9.80 Å². The van der Waals surface area contributed by atoms with Crippen molar-refractivity contribution in [3.8, 4) is 78.1 Å². The minimum Gasteiger partial charge on any atom is -0.310 e. The summed E-state index contributed by atoms with van der Waals surface area (Å²) in [5.74, 6) is 0. The zero-order chi connectivity index (χ0) is 82.8. The highest BCUT2D eigenvalue weighted by Gasteiger charge is 2.36. The highest BCUT2D eigenvalue weighted by molar-refractivity contribution is 7.27. The molecule has 0 bridgehead atoms. The van der Waals surface area contributed by atoms with Crippen LogP contribution < -0.4 is 9.80 Å². The number of benzene rings is 20. The first-order chi connectivity index (χ1) is 61.8. The van der Waals surface area contributed by atoms with Gasteiger partial charge in [-0.15, -0.1) is 22.7 Å². The number of thiophene rings is 2. The predicted molar refractivity (Wildman–Crippen MR) is 536 cm³/mol. The van der Waals surface area contributed by atoms with E-state index in [4.69, 9.17) is 0 Å². The Morgan fingerprint density at radius 1 is 0.216 bits per heavy atom. The molecular weight excluding hydrogens is 1550 g/mol. The van der Waals surface area contributed by atoms with Crippen LogP contribution in [0.5, 0.6) is 0 Å². The second-order valence-electron chi connectivity index (χ2n) is 33.4. The van der Waals surface area contributed by atoms with Crippen LogP contribution in [-0.4, -0.2) is 9.13 Å². The average molecular weight is 1630 g/mol. The lowest BCUT2D eigenvalue weighted by Crippen LogP contribution is -2.16. The van der Waals surface area contributed by atoms with Crippen LogP contribution in [-0.2, 0) is 5.41 Å². The van der Waals surface area contributed by atoms with Crippen molar-refractivity contribution in [1.29, 1.82) is 0 Å². The maximum absolute atomic E-state index is 2.53. The Hall–Kier alpha value is -15.4. The molecule has 125 heavy (non-hydrogen) atoms. The highest BCUT2D eigenvalue weighted by Crippen LogP contribution is 2.55. The lowest BCUT2D eigenvalue weighted by Gasteiger charge is -2.28. The number of nitrogens with zero attached hydrogens (tertiary/aromatic N) is 4. The van der Waals surface area contributed by atoms with E-state index in [1.54, 1.807) is 0 Å². The molecule has 0 saturated heterocycles. The van der Waals surface area contributed by atoms with Gasteiger partial charge in [0.15, 0.2) is 0 Å². The van der Waals surface area contributed by atoms with E-state index >= 15 is 0 Å². The van der Waals surface area contributed by atoms with Gasteiger partial charge in [-0.1, -0.05) is 341 Å². The van der Waals surface area contributed by atoms with Gasteiger partial charge in [0.1, 0.15) is 0 Å². The zero-order valence-electron chi connectivity index (χ0n) is 68.8. The Morgan fingerprint density at radius 3 is 1.00 bits per heavy atom. The maximum atomic E-state index is 2.53. The summed E-state index contributed by atoms with van der Waals surface area (Å²) in [6.45, 7) is 4.73. The third kappa shape index (κ3) is 12.3. The molecule has 6 heteroatoms. The molecule has 0 N–H and O–H groups in total. The third-order valence-electron chi connectivity index (χ3n) is 25.9. The van der Waals surface area contributed by atoms with E-state index in [2.05, 4.69) is 482 Å². The van der Waals surface area contributed by atoms with Crippen LogP contribution in [0.15, 0.2) is 449 Å². The van der Waals surface area contributed by atoms with Gasteiger partial charge in [-0.05, 0) is 199 Å². The van der Waals surface area contributed by atoms with E-state index in [-0.39, 0.29) is 5.41 Å². The summed E-state index contributed by atoms with van der Waals surface area (Å²) in [7, 11) is 0. The summed E-state index contributed by atoms with van der Waals surface area (Å²) in [5.41, 5.74) is 31.4. The van der Waals surface area contributed by atoms with Crippen molar-refractivity contribution < 1.29 is 0 Å². The van der Waals surface area contributed by atoms with Crippen molar-refractivity contribution in [2.24, 2.45) is 0 Å². The van der Waals surface area contributed by atoms with Gasteiger partial charge in [0, 0.05) is 123 Å². The van der Waals surface area contributed by atoms with Crippen LogP contribution in [0.1, 0.15) is 25.0 Å². The van der Waals surface area contributed by atoms with Crippen LogP contribution in [0.4, 0.5) is 34.1 Å². The van der Waals surface area contributed by atoms with Gasteiger partial charge in [-0.3, -0.25) is 0 Å². The number of rotatable bonds is 13. The molecule has 0 unspecified atom stereocenters. The molecule has 0 aliphatic heterocycles. The molecule has 0 amide bonds. The Kier molecular flexibility index (Phi) is 17.6. The lowest BCUT2D eigenvalue weighted by atomic mass is 9.82. The van der Waals surface area contributed by atoms with Gasteiger partial charge in [-0.25, -0.2) is 0 Å². The van der Waals surface area contributed by atoms with E-state index in [9.17, 15) is 0 Å². The topological polar surface area (TPSA) is 16.3 Å². The van der Waals surface area contributed by atoms with Crippen LogP contribution in [0.3, 0.4) is 0 Å². The minimum atomic E-state index is -0.125. The Morgan fingerprint density at radius 2 is 0.544 bits per heavy atom. The summed E-state index contributed by atoms with van der Waals surface area (Å²) >= 11 is 3.80. The van der Waals surface area contributed by atoms with E-state index in [0.29, 0.717) is 0 Å². The van der Waals surface area contributed by atoms with Gasteiger partial charge in [0.05, 0.1) is 33.4 Å². The van der Waals surface area contributed by atoms with E-state index in [1.165, 1.54) is 195 Å². The lowest BCUT2D eigenvalue weighted by molar-refractivity contribution is 0.660. The SMILES string of the molecule is CC1(C)c2ccccc2-c2ccc(N(c3ccc(-c4ccccc4)cc3)c3cccc(-c4cc5c6ccccc6n(-c6cccc7ccccc67)c5c5c4sc4ccccc45)c3)cc21.c1ccc(-c2ccc(N(c3ccc(-c4ccccc4)cc3)c3cccc(-c4cc5c6ccccc6n(-c6cccc7ccccc67)c5c5c4sc4ccccc45)c3)cc2)cc1. The van der Waals surface area contributed by atoms with E-state index in [1.807, 2.05) is 22.7 Å². The van der Waals surface area contributed by atoms with Gasteiger partial charge < -0.3 is 18.9 Å². The van der Waals surface area contributed by atoms with Crippen LogP contribution in [0.2, 0.25) is 0 Å². The predicted octanol–water partition coefficient (Wildman–Crippen LogP) is 34.2. The second-order valence-corrected chi connectivity index (χ2v) is 35.5. The Labute approximate surface area is 733 Å². The fourth-order valence-corrected chi connectivity index (χ4v) is 22.5. The molecule has 0 spiro atoms. The molecule has 0 fully saturated rings. The van der Waals surface area contributed by atoms with E-state index < -0.39 is 0 Å². The molecule has 4 aromatic heterocycles. The summed E-state index contributed by atoms with van der Waals surface area (Å²) < 4.78 is 10.2. The average Bonchev–Trinajstić information content (AvgIpc) is 1.55. The first-order valence-electron chi connectivity index (χ1n) is 43.0. The van der Waals surface area contributed by atoms with Crippen molar-refractivity contribution in [1.82, 2.24) is 9.13 Å². The van der Waals surface area contributed by atoms with Crippen LogP contribution >= 0.6 is 22.7 Å². The molecule has 24 aromatic rings. The molecule has 0 atom stereocenters. The Balaban J connectivity index is 0.000000140. The molecule has 588 valence electrons.